The van der Waals surface area contributed by atoms with Crippen LogP contribution >= 0.6 is 0 Å². The summed E-state index contributed by atoms with van der Waals surface area (Å²) in [5.74, 6) is 0.148. The zero-order chi connectivity index (χ0) is 13.0. The molecular weight excluding hydrogens is 226 g/mol. The fourth-order valence-electron chi connectivity index (χ4n) is 3.14. The Morgan fingerprint density at radius 2 is 1.78 bits per heavy atom. The van der Waals surface area contributed by atoms with Gasteiger partial charge in [0.1, 0.15) is 0 Å². The van der Waals surface area contributed by atoms with Gasteiger partial charge in [-0.1, -0.05) is 13.3 Å². The SMILES string of the molecule is CCC(N)C(=O)N1CCC(N2CCCCC2)CC1. The predicted molar refractivity (Wildman–Crippen MR) is 73.3 cm³/mol. The van der Waals surface area contributed by atoms with Crippen LogP contribution in [0, 0.1) is 0 Å². The van der Waals surface area contributed by atoms with Gasteiger partial charge < -0.3 is 15.5 Å². The molecule has 0 saturated carbocycles. The minimum atomic E-state index is -0.295. The molecular formula is C14H27N3O. The lowest BCUT2D eigenvalue weighted by Crippen LogP contribution is -2.51. The monoisotopic (exact) mass is 253 g/mol. The number of carbonyl (C=O) groups excluding carboxylic acids is 1. The summed E-state index contributed by atoms with van der Waals surface area (Å²) in [6.45, 7) is 6.28. The van der Waals surface area contributed by atoms with Crippen LogP contribution in [0.25, 0.3) is 0 Å². The van der Waals surface area contributed by atoms with Crippen LogP contribution in [0.4, 0.5) is 0 Å². The number of hydrogen-bond acceptors (Lipinski definition) is 3. The standard InChI is InChI=1S/C14H27N3O/c1-2-13(15)14(18)17-10-6-12(7-11-17)16-8-4-3-5-9-16/h12-13H,2-11,15H2,1H3. The molecule has 2 saturated heterocycles. The lowest BCUT2D eigenvalue weighted by molar-refractivity contribution is -0.134. The first-order valence-electron chi connectivity index (χ1n) is 7.50. The minimum absolute atomic E-state index is 0.148. The molecule has 18 heavy (non-hydrogen) atoms. The number of amides is 1. The van der Waals surface area contributed by atoms with Crippen LogP contribution in [-0.2, 0) is 4.79 Å². The van der Waals surface area contributed by atoms with E-state index in [0.29, 0.717) is 6.04 Å². The number of carbonyl (C=O) groups is 1. The molecule has 0 aromatic rings. The fraction of sp³-hybridized carbons (Fsp3) is 0.929. The minimum Gasteiger partial charge on any atom is -0.341 e. The number of rotatable bonds is 3. The molecule has 0 bridgehead atoms. The molecule has 2 heterocycles. The molecule has 2 aliphatic heterocycles. The normalized spacial score (nSPS) is 25.1. The van der Waals surface area contributed by atoms with E-state index < -0.39 is 0 Å². The van der Waals surface area contributed by atoms with Crippen molar-refractivity contribution >= 4 is 5.91 Å². The van der Waals surface area contributed by atoms with E-state index in [1.54, 1.807) is 0 Å². The summed E-state index contributed by atoms with van der Waals surface area (Å²) in [6, 6.07) is 0.406. The van der Waals surface area contributed by atoms with E-state index in [9.17, 15) is 4.79 Å². The second kappa shape index (κ2) is 6.53. The first-order valence-corrected chi connectivity index (χ1v) is 7.50. The molecule has 1 amide bonds. The number of nitrogens with two attached hydrogens (primary N) is 1. The Balaban J connectivity index is 1.78. The Morgan fingerprint density at radius 3 is 2.33 bits per heavy atom. The van der Waals surface area contributed by atoms with Gasteiger partial charge in [-0.3, -0.25) is 4.79 Å². The summed E-state index contributed by atoms with van der Waals surface area (Å²) in [5, 5.41) is 0. The largest absolute Gasteiger partial charge is 0.341 e. The van der Waals surface area contributed by atoms with Crippen LogP contribution < -0.4 is 5.73 Å². The Bertz CT molecular complexity index is 268. The average Bonchev–Trinajstić information content (AvgIpc) is 2.47. The van der Waals surface area contributed by atoms with Crippen LogP contribution in [0.5, 0.6) is 0 Å². The zero-order valence-electron chi connectivity index (χ0n) is 11.6. The van der Waals surface area contributed by atoms with E-state index in [-0.39, 0.29) is 11.9 Å². The highest BCUT2D eigenvalue weighted by molar-refractivity contribution is 5.81. The Kier molecular flexibility index (Phi) is 5.01. The van der Waals surface area contributed by atoms with Gasteiger partial charge in [0.15, 0.2) is 0 Å². The van der Waals surface area contributed by atoms with Crippen LogP contribution in [0.3, 0.4) is 0 Å². The number of hydrogen-bond donors (Lipinski definition) is 1. The van der Waals surface area contributed by atoms with E-state index >= 15 is 0 Å². The second-order valence-electron chi connectivity index (χ2n) is 5.67. The van der Waals surface area contributed by atoms with E-state index in [2.05, 4.69) is 4.90 Å². The highest BCUT2D eigenvalue weighted by atomic mass is 16.2. The summed E-state index contributed by atoms with van der Waals surface area (Å²) < 4.78 is 0. The van der Waals surface area contributed by atoms with E-state index in [1.807, 2.05) is 11.8 Å². The number of piperidine rings is 2. The molecule has 104 valence electrons. The summed E-state index contributed by atoms with van der Waals surface area (Å²) in [7, 11) is 0. The Labute approximate surface area is 110 Å². The maximum atomic E-state index is 12.0. The molecule has 2 fully saturated rings. The van der Waals surface area contributed by atoms with Crippen molar-refractivity contribution in [2.45, 2.75) is 57.5 Å². The van der Waals surface area contributed by atoms with E-state index in [1.165, 1.54) is 32.4 Å². The topological polar surface area (TPSA) is 49.6 Å². The van der Waals surface area contributed by atoms with Gasteiger partial charge >= 0.3 is 0 Å². The van der Waals surface area contributed by atoms with Crippen LogP contribution in [-0.4, -0.2) is 54.0 Å². The maximum absolute atomic E-state index is 12.0. The second-order valence-corrected chi connectivity index (χ2v) is 5.67. The van der Waals surface area contributed by atoms with Gasteiger partial charge in [-0.05, 0) is 45.2 Å². The molecule has 0 aromatic heterocycles. The van der Waals surface area contributed by atoms with E-state index in [0.717, 1.165) is 32.4 Å². The first kappa shape index (κ1) is 13.8. The van der Waals surface area contributed by atoms with Crippen molar-refractivity contribution < 1.29 is 4.79 Å². The number of likely N-dealkylation sites (tertiary alicyclic amines) is 2. The molecule has 2 N–H and O–H groups in total. The van der Waals surface area contributed by atoms with Crippen LogP contribution in [0.15, 0.2) is 0 Å². The summed E-state index contributed by atoms with van der Waals surface area (Å²) in [4.78, 5) is 16.6. The molecule has 2 aliphatic rings. The third-order valence-electron chi connectivity index (χ3n) is 4.44. The van der Waals surface area contributed by atoms with Gasteiger partial charge in [-0.2, -0.15) is 0 Å². The van der Waals surface area contributed by atoms with Crippen LogP contribution in [0.2, 0.25) is 0 Å². The molecule has 0 spiro atoms. The van der Waals surface area contributed by atoms with Gasteiger partial charge in [0.2, 0.25) is 5.91 Å². The smallest absolute Gasteiger partial charge is 0.239 e. The van der Waals surface area contributed by atoms with Gasteiger partial charge in [-0.15, -0.1) is 0 Å². The molecule has 0 aromatic carbocycles. The molecule has 0 aliphatic carbocycles. The quantitative estimate of drug-likeness (QED) is 0.822. The van der Waals surface area contributed by atoms with Gasteiger partial charge in [0, 0.05) is 19.1 Å². The highest BCUT2D eigenvalue weighted by Crippen LogP contribution is 2.21. The molecule has 1 atom stereocenters. The lowest BCUT2D eigenvalue weighted by atomic mass is 9.99. The average molecular weight is 253 g/mol. The maximum Gasteiger partial charge on any atom is 0.239 e. The lowest BCUT2D eigenvalue weighted by Gasteiger charge is -2.40. The molecule has 4 nitrogen and oxygen atoms in total. The molecule has 0 radical (unpaired) electrons. The Hall–Kier alpha value is -0.610. The summed E-state index contributed by atoms with van der Waals surface area (Å²) >= 11 is 0. The Morgan fingerprint density at radius 1 is 1.17 bits per heavy atom. The number of nitrogens with zero attached hydrogens (tertiary/aromatic N) is 2. The van der Waals surface area contributed by atoms with Crippen LogP contribution in [0.1, 0.15) is 45.4 Å². The van der Waals surface area contributed by atoms with Crippen molar-refractivity contribution in [1.29, 1.82) is 0 Å². The van der Waals surface area contributed by atoms with Crippen molar-refractivity contribution in [1.82, 2.24) is 9.80 Å². The molecule has 4 heteroatoms. The third kappa shape index (κ3) is 3.23. The molecule has 2 rings (SSSR count). The molecule has 1 unspecified atom stereocenters. The predicted octanol–water partition coefficient (Wildman–Crippen LogP) is 1.20. The van der Waals surface area contributed by atoms with E-state index in [4.69, 9.17) is 5.73 Å². The summed E-state index contributed by atoms with van der Waals surface area (Å²) in [6.07, 6.45) is 7.08. The van der Waals surface area contributed by atoms with Crippen molar-refractivity contribution in [2.75, 3.05) is 26.2 Å². The highest BCUT2D eigenvalue weighted by Gasteiger charge is 2.28. The van der Waals surface area contributed by atoms with Crippen molar-refractivity contribution in [3.8, 4) is 0 Å². The third-order valence-corrected chi connectivity index (χ3v) is 4.44. The first-order chi connectivity index (χ1) is 8.72. The van der Waals surface area contributed by atoms with Crippen molar-refractivity contribution in [3.63, 3.8) is 0 Å². The van der Waals surface area contributed by atoms with Crippen molar-refractivity contribution in [3.05, 3.63) is 0 Å². The summed E-state index contributed by atoms with van der Waals surface area (Å²) in [5.41, 5.74) is 5.82. The fourth-order valence-corrected chi connectivity index (χ4v) is 3.14. The zero-order valence-corrected chi connectivity index (χ0v) is 11.6. The van der Waals surface area contributed by atoms with Gasteiger partial charge in [-0.25, -0.2) is 0 Å². The van der Waals surface area contributed by atoms with Gasteiger partial charge in [0.25, 0.3) is 0 Å². The van der Waals surface area contributed by atoms with Crippen molar-refractivity contribution in [2.24, 2.45) is 5.73 Å². The van der Waals surface area contributed by atoms with Gasteiger partial charge in [0.05, 0.1) is 6.04 Å².